The van der Waals surface area contributed by atoms with Gasteiger partial charge in [-0.05, 0) is 163 Å². The lowest BCUT2D eigenvalue weighted by atomic mass is 10.0. The second-order valence-electron chi connectivity index (χ2n) is 19.1. The summed E-state index contributed by atoms with van der Waals surface area (Å²) in [6.07, 6.45) is 30.2. The number of unbranched alkanes of at least 4 members (excludes halogenated alkanes) is 18. The predicted octanol–water partition coefficient (Wildman–Crippen LogP) is 17.8. The molecule has 0 aliphatic rings. The number of esters is 2. The Morgan fingerprint density at radius 1 is 0.356 bits per heavy atom. The summed E-state index contributed by atoms with van der Waals surface area (Å²) in [5, 5.41) is 0. The van der Waals surface area contributed by atoms with E-state index >= 15 is 0 Å². The lowest BCUT2D eigenvalue weighted by Gasteiger charge is -2.08. The first-order valence-corrected chi connectivity index (χ1v) is 27.3. The van der Waals surface area contributed by atoms with Gasteiger partial charge >= 0.3 is 11.9 Å². The summed E-state index contributed by atoms with van der Waals surface area (Å²) in [5.41, 5.74) is 6.78. The number of hydrogen-bond donors (Lipinski definition) is 0. The average Bonchev–Trinajstić information content (AvgIpc) is 3.42. The van der Waals surface area contributed by atoms with Gasteiger partial charge in [-0.25, -0.2) is 9.59 Å². The van der Waals surface area contributed by atoms with Crippen molar-refractivity contribution in [2.75, 3.05) is 13.2 Å². The first-order chi connectivity index (χ1) is 35.9. The molecule has 0 N–H and O–H groups in total. The Bertz CT molecular complexity index is 2340. The normalized spacial score (nSPS) is 11.3. The zero-order valence-electron chi connectivity index (χ0n) is 43.6. The molecule has 0 atom stereocenters. The summed E-state index contributed by atoms with van der Waals surface area (Å²) in [6.45, 7) is 5.89. The van der Waals surface area contributed by atoms with Gasteiger partial charge in [-0.1, -0.05) is 154 Å². The predicted molar refractivity (Wildman–Crippen MR) is 301 cm³/mol. The number of ether oxygens (including phenoxy) is 4. The van der Waals surface area contributed by atoms with Crippen LogP contribution in [0.3, 0.4) is 0 Å². The Kier molecular flexibility index (Phi) is 25.1. The molecule has 384 valence electrons. The van der Waals surface area contributed by atoms with Crippen LogP contribution in [0.15, 0.2) is 156 Å². The summed E-state index contributed by atoms with van der Waals surface area (Å²) in [7, 11) is 0. The van der Waals surface area contributed by atoms with Crippen molar-refractivity contribution in [1.29, 1.82) is 0 Å². The van der Waals surface area contributed by atoms with E-state index < -0.39 is 11.9 Å². The summed E-state index contributed by atoms with van der Waals surface area (Å²) in [6, 6.07) is 45.3. The molecular weight excluding hydrogens is 905 g/mol. The van der Waals surface area contributed by atoms with Crippen molar-refractivity contribution in [2.24, 2.45) is 9.98 Å². The molecule has 0 heterocycles. The largest absolute Gasteiger partial charge is 0.494 e. The van der Waals surface area contributed by atoms with Gasteiger partial charge < -0.3 is 18.9 Å². The average molecular weight is 983 g/mol. The van der Waals surface area contributed by atoms with Gasteiger partial charge in [0.15, 0.2) is 0 Å². The van der Waals surface area contributed by atoms with E-state index in [9.17, 15) is 9.59 Å². The number of benzene rings is 6. The van der Waals surface area contributed by atoms with Crippen molar-refractivity contribution in [3.63, 3.8) is 0 Å². The number of hydrogen-bond acceptors (Lipinski definition) is 8. The van der Waals surface area contributed by atoms with Gasteiger partial charge in [-0.2, -0.15) is 0 Å². The third kappa shape index (κ3) is 21.8. The topological polar surface area (TPSA) is 95.8 Å². The van der Waals surface area contributed by atoms with E-state index in [0.717, 1.165) is 53.3 Å². The van der Waals surface area contributed by atoms with Crippen LogP contribution in [0.2, 0.25) is 0 Å². The van der Waals surface area contributed by atoms with E-state index in [1.54, 1.807) is 61.0 Å². The molecule has 0 aliphatic carbocycles. The highest BCUT2D eigenvalue weighted by atomic mass is 16.5. The smallest absolute Gasteiger partial charge is 0.343 e. The Morgan fingerprint density at radius 2 is 0.658 bits per heavy atom. The summed E-state index contributed by atoms with van der Waals surface area (Å²) >= 11 is 0. The van der Waals surface area contributed by atoms with Crippen molar-refractivity contribution in [2.45, 2.75) is 149 Å². The van der Waals surface area contributed by atoms with Gasteiger partial charge in [0.25, 0.3) is 0 Å². The van der Waals surface area contributed by atoms with Crippen molar-refractivity contribution in [1.82, 2.24) is 0 Å². The number of carbonyl (C=O) groups is 2. The fraction of sp³-hybridized carbons (Fsp3) is 0.385. The SMILES string of the molecule is CCCCCCCCCCCCOc1ccc(C(=O)Oc2ccc(C=Nc3ccc(Cc4ccc(N=Cc5ccc(OC(=O)c6ccc(OCCCCCCCCCCCC)cc6)cc5)cc4)cc3)cc2)cc1. The van der Waals surface area contributed by atoms with Crippen LogP contribution in [0.1, 0.15) is 185 Å². The summed E-state index contributed by atoms with van der Waals surface area (Å²) < 4.78 is 23.1. The van der Waals surface area contributed by atoms with Crippen LogP contribution in [0.4, 0.5) is 11.4 Å². The molecule has 0 unspecified atom stereocenters. The van der Waals surface area contributed by atoms with E-state index in [2.05, 4.69) is 48.1 Å². The van der Waals surface area contributed by atoms with E-state index in [4.69, 9.17) is 18.9 Å². The zero-order chi connectivity index (χ0) is 51.0. The molecule has 0 amide bonds. The van der Waals surface area contributed by atoms with Gasteiger partial charge in [0.1, 0.15) is 23.0 Å². The van der Waals surface area contributed by atoms with Crippen molar-refractivity contribution in [3.8, 4) is 23.0 Å². The molecule has 0 bridgehead atoms. The van der Waals surface area contributed by atoms with Gasteiger partial charge in [0.05, 0.1) is 35.7 Å². The minimum atomic E-state index is -0.411. The fourth-order valence-electron chi connectivity index (χ4n) is 8.44. The van der Waals surface area contributed by atoms with Crippen LogP contribution >= 0.6 is 0 Å². The number of rotatable bonds is 34. The van der Waals surface area contributed by atoms with E-state index in [0.29, 0.717) is 35.8 Å². The van der Waals surface area contributed by atoms with Crippen molar-refractivity contribution in [3.05, 3.63) is 179 Å². The molecular formula is C65H78N2O6. The Balaban J connectivity index is 0.840. The molecule has 0 fully saturated rings. The van der Waals surface area contributed by atoms with Crippen LogP contribution < -0.4 is 18.9 Å². The Hall–Kier alpha value is -6.80. The zero-order valence-corrected chi connectivity index (χ0v) is 43.6. The molecule has 0 aromatic heterocycles. The number of nitrogens with zero attached hydrogens (tertiary/aromatic N) is 2. The van der Waals surface area contributed by atoms with Gasteiger partial charge in [0, 0.05) is 12.4 Å². The quantitative estimate of drug-likeness (QED) is 0.0173. The summed E-state index contributed by atoms with van der Waals surface area (Å²) in [4.78, 5) is 34.9. The van der Waals surface area contributed by atoms with Gasteiger partial charge in [-0.3, -0.25) is 9.98 Å². The minimum absolute atomic E-state index is 0.411. The molecule has 0 aliphatic heterocycles. The van der Waals surface area contributed by atoms with Gasteiger partial charge in [0.2, 0.25) is 0 Å². The van der Waals surface area contributed by atoms with E-state index in [1.807, 2.05) is 72.8 Å². The standard InChI is InChI=1S/C65H78N2O6/c1-3-5-7-9-11-13-15-17-19-21-47-70-60-43-31-56(32-44-60)64(68)72-62-39-27-54(28-40-62)50-66-58-35-23-52(24-36-58)49-53-25-37-59(38-26-53)67-51-55-29-41-63(42-30-55)73-65(69)57-33-45-61(46-34-57)71-48-22-20-18-16-14-12-10-8-6-4-2/h23-46,50-51H,3-22,47-49H2,1-2H3. The van der Waals surface area contributed by atoms with Crippen molar-refractivity contribution < 1.29 is 28.5 Å². The van der Waals surface area contributed by atoms with E-state index in [1.165, 1.54) is 127 Å². The number of aliphatic imine (C=N–C) groups is 2. The third-order valence-electron chi connectivity index (χ3n) is 12.9. The lowest BCUT2D eigenvalue weighted by Crippen LogP contribution is -2.08. The Labute approximate surface area is 436 Å². The maximum Gasteiger partial charge on any atom is 0.343 e. The van der Waals surface area contributed by atoms with Crippen LogP contribution in [0.25, 0.3) is 0 Å². The van der Waals surface area contributed by atoms with Crippen LogP contribution in [-0.4, -0.2) is 37.6 Å². The second kappa shape index (κ2) is 33.0. The first kappa shape index (κ1) is 55.5. The maximum atomic E-state index is 12.8. The molecule has 8 heteroatoms. The van der Waals surface area contributed by atoms with Crippen LogP contribution in [-0.2, 0) is 6.42 Å². The molecule has 0 saturated heterocycles. The molecule has 8 nitrogen and oxygen atoms in total. The second-order valence-corrected chi connectivity index (χ2v) is 19.1. The minimum Gasteiger partial charge on any atom is -0.494 e. The first-order valence-electron chi connectivity index (χ1n) is 27.3. The van der Waals surface area contributed by atoms with Crippen molar-refractivity contribution >= 4 is 35.7 Å². The molecule has 0 radical (unpaired) electrons. The molecule has 6 rings (SSSR count). The Morgan fingerprint density at radius 3 is 0.986 bits per heavy atom. The highest BCUT2D eigenvalue weighted by molar-refractivity contribution is 5.92. The molecule has 0 spiro atoms. The van der Waals surface area contributed by atoms with Crippen LogP contribution in [0.5, 0.6) is 23.0 Å². The van der Waals surface area contributed by atoms with Crippen LogP contribution in [0, 0.1) is 0 Å². The fourth-order valence-corrected chi connectivity index (χ4v) is 8.44. The monoisotopic (exact) mass is 983 g/mol. The molecule has 0 saturated carbocycles. The molecule has 6 aromatic carbocycles. The van der Waals surface area contributed by atoms with Gasteiger partial charge in [-0.15, -0.1) is 0 Å². The maximum absolute atomic E-state index is 12.8. The van der Waals surface area contributed by atoms with E-state index in [-0.39, 0.29) is 0 Å². The highest BCUT2D eigenvalue weighted by Crippen LogP contribution is 2.23. The molecule has 6 aromatic rings. The highest BCUT2D eigenvalue weighted by Gasteiger charge is 2.11. The third-order valence-corrected chi connectivity index (χ3v) is 12.9. The summed E-state index contributed by atoms with van der Waals surface area (Å²) in [5.74, 6) is 1.65. The molecule has 73 heavy (non-hydrogen) atoms. The lowest BCUT2D eigenvalue weighted by molar-refractivity contribution is 0.0725. The number of carbonyl (C=O) groups excluding carboxylic acids is 2.